The first-order chi connectivity index (χ1) is 15.2. The highest BCUT2D eigenvalue weighted by Crippen LogP contribution is 2.21. The molecular weight excluding hydrogens is 435 g/mol. The minimum absolute atomic E-state index is 0.127. The van der Waals surface area contributed by atoms with Gasteiger partial charge in [-0.25, -0.2) is 17.6 Å². The van der Waals surface area contributed by atoms with Crippen LogP contribution in [0.1, 0.15) is 43.1 Å². The van der Waals surface area contributed by atoms with Gasteiger partial charge in [0.05, 0.1) is 5.56 Å². The molecule has 1 atom stereocenters. The SMILES string of the molecule is CCN(CC)S(=O)(=O)c1cc(C(=O)OCC(=O)NC(C)CCc2ccccc2)ccc1F. The molecule has 0 saturated heterocycles. The van der Waals surface area contributed by atoms with Gasteiger partial charge in [-0.1, -0.05) is 44.2 Å². The molecule has 1 amide bonds. The van der Waals surface area contributed by atoms with Crippen LogP contribution in [0, 0.1) is 5.82 Å². The number of carbonyl (C=O) groups is 2. The van der Waals surface area contributed by atoms with E-state index in [9.17, 15) is 22.4 Å². The number of amides is 1. The van der Waals surface area contributed by atoms with Crippen molar-refractivity contribution in [2.45, 2.75) is 44.6 Å². The molecule has 0 aromatic heterocycles. The summed E-state index contributed by atoms with van der Waals surface area (Å²) in [5.74, 6) is -2.34. The van der Waals surface area contributed by atoms with Gasteiger partial charge in [0.15, 0.2) is 6.61 Å². The lowest BCUT2D eigenvalue weighted by atomic mass is 10.1. The molecule has 1 unspecified atom stereocenters. The number of halogens is 1. The van der Waals surface area contributed by atoms with Crippen molar-refractivity contribution in [3.63, 3.8) is 0 Å². The van der Waals surface area contributed by atoms with Crippen LogP contribution in [0.15, 0.2) is 53.4 Å². The molecule has 0 radical (unpaired) electrons. The van der Waals surface area contributed by atoms with Gasteiger partial charge in [0.1, 0.15) is 10.7 Å². The predicted octanol–water partition coefficient (Wildman–Crippen LogP) is 3.15. The summed E-state index contributed by atoms with van der Waals surface area (Å²) in [6, 6.07) is 12.7. The van der Waals surface area contributed by atoms with Crippen LogP contribution in [0.3, 0.4) is 0 Å². The van der Waals surface area contributed by atoms with E-state index < -0.39 is 39.2 Å². The van der Waals surface area contributed by atoms with Crippen LogP contribution in [-0.4, -0.2) is 50.3 Å². The van der Waals surface area contributed by atoms with E-state index in [2.05, 4.69) is 5.32 Å². The Bertz CT molecular complexity index is 1020. The zero-order valence-electron chi connectivity index (χ0n) is 18.5. The molecule has 174 valence electrons. The van der Waals surface area contributed by atoms with E-state index in [-0.39, 0.29) is 24.7 Å². The average Bonchev–Trinajstić information content (AvgIpc) is 2.77. The molecule has 2 rings (SSSR count). The molecule has 0 heterocycles. The standard InChI is InChI=1S/C23H29FN2O5S/c1-4-26(5-2)32(29,30)21-15-19(13-14-20(21)24)23(28)31-16-22(27)25-17(3)11-12-18-9-7-6-8-10-18/h6-10,13-15,17H,4-5,11-12,16H2,1-3H3,(H,25,27). The number of hydrogen-bond donors (Lipinski definition) is 1. The molecule has 0 spiro atoms. The third kappa shape index (κ3) is 6.86. The van der Waals surface area contributed by atoms with Gasteiger partial charge in [-0.3, -0.25) is 4.79 Å². The van der Waals surface area contributed by atoms with Gasteiger partial charge in [0, 0.05) is 19.1 Å². The number of benzene rings is 2. The first-order valence-corrected chi connectivity index (χ1v) is 11.9. The summed E-state index contributed by atoms with van der Waals surface area (Å²) < 4.78 is 45.5. The van der Waals surface area contributed by atoms with E-state index in [1.807, 2.05) is 37.3 Å². The van der Waals surface area contributed by atoms with Crippen LogP contribution in [-0.2, 0) is 26.0 Å². The molecule has 0 fully saturated rings. The second kappa shape index (κ2) is 11.7. The van der Waals surface area contributed by atoms with Gasteiger partial charge in [-0.05, 0) is 43.5 Å². The molecule has 0 aliphatic heterocycles. The Morgan fingerprint density at radius 3 is 2.38 bits per heavy atom. The quantitative estimate of drug-likeness (QED) is 0.516. The molecule has 7 nitrogen and oxygen atoms in total. The summed E-state index contributed by atoms with van der Waals surface area (Å²) in [6.07, 6.45) is 1.51. The monoisotopic (exact) mass is 464 g/mol. The van der Waals surface area contributed by atoms with E-state index in [0.717, 1.165) is 34.5 Å². The number of nitrogens with one attached hydrogen (secondary N) is 1. The smallest absolute Gasteiger partial charge is 0.338 e. The number of aryl methyl sites for hydroxylation is 1. The summed E-state index contributed by atoms with van der Waals surface area (Å²) in [6.45, 7) is 4.93. The van der Waals surface area contributed by atoms with Crippen LogP contribution in [0.25, 0.3) is 0 Å². The molecule has 0 aliphatic rings. The third-order valence-corrected chi connectivity index (χ3v) is 7.01. The summed E-state index contributed by atoms with van der Waals surface area (Å²) in [5.41, 5.74) is 1.01. The van der Waals surface area contributed by atoms with Crippen LogP contribution in [0.5, 0.6) is 0 Å². The average molecular weight is 465 g/mol. The summed E-state index contributed by atoms with van der Waals surface area (Å²) >= 11 is 0. The minimum Gasteiger partial charge on any atom is -0.452 e. The highest BCUT2D eigenvalue weighted by Gasteiger charge is 2.26. The zero-order chi connectivity index (χ0) is 23.7. The van der Waals surface area contributed by atoms with Gasteiger partial charge >= 0.3 is 5.97 Å². The van der Waals surface area contributed by atoms with Crippen molar-refractivity contribution in [2.24, 2.45) is 0 Å². The Hall–Kier alpha value is -2.78. The maximum atomic E-state index is 14.2. The Labute approximate surface area is 188 Å². The Morgan fingerprint density at radius 2 is 1.75 bits per heavy atom. The van der Waals surface area contributed by atoms with Gasteiger partial charge in [-0.2, -0.15) is 4.31 Å². The minimum atomic E-state index is -4.09. The second-order valence-corrected chi connectivity index (χ2v) is 9.21. The number of ether oxygens (including phenoxy) is 1. The van der Waals surface area contributed by atoms with E-state index in [1.54, 1.807) is 13.8 Å². The number of hydrogen-bond acceptors (Lipinski definition) is 5. The Balaban J connectivity index is 1.94. The molecule has 32 heavy (non-hydrogen) atoms. The van der Waals surface area contributed by atoms with Gasteiger partial charge in [0.25, 0.3) is 5.91 Å². The predicted molar refractivity (Wildman–Crippen MR) is 119 cm³/mol. The molecule has 0 bridgehead atoms. The first kappa shape index (κ1) is 25.5. The lowest BCUT2D eigenvalue weighted by molar-refractivity contribution is -0.124. The molecular formula is C23H29FN2O5S. The number of nitrogens with zero attached hydrogens (tertiary/aromatic N) is 1. The number of sulfonamides is 1. The number of esters is 1. The molecule has 2 aromatic rings. The van der Waals surface area contributed by atoms with Gasteiger partial charge < -0.3 is 10.1 Å². The summed E-state index contributed by atoms with van der Waals surface area (Å²) in [4.78, 5) is 23.8. The van der Waals surface area contributed by atoms with Gasteiger partial charge in [0.2, 0.25) is 10.0 Å². The topological polar surface area (TPSA) is 92.8 Å². The van der Waals surface area contributed by atoms with E-state index in [4.69, 9.17) is 4.74 Å². The molecule has 0 aliphatic carbocycles. The van der Waals surface area contributed by atoms with Crippen molar-refractivity contribution in [3.8, 4) is 0 Å². The van der Waals surface area contributed by atoms with Crippen LogP contribution >= 0.6 is 0 Å². The lowest BCUT2D eigenvalue weighted by Crippen LogP contribution is -2.36. The van der Waals surface area contributed by atoms with E-state index in [1.165, 1.54) is 0 Å². The molecule has 2 aromatic carbocycles. The highest BCUT2D eigenvalue weighted by atomic mass is 32.2. The maximum absolute atomic E-state index is 14.2. The fraction of sp³-hybridized carbons (Fsp3) is 0.391. The molecule has 9 heteroatoms. The van der Waals surface area contributed by atoms with Crippen molar-refractivity contribution < 1.29 is 27.1 Å². The molecule has 0 saturated carbocycles. The Kier molecular flexibility index (Phi) is 9.34. The zero-order valence-corrected chi connectivity index (χ0v) is 19.3. The first-order valence-electron chi connectivity index (χ1n) is 10.5. The van der Waals surface area contributed by atoms with Crippen molar-refractivity contribution in [1.82, 2.24) is 9.62 Å². The van der Waals surface area contributed by atoms with Gasteiger partial charge in [-0.15, -0.1) is 0 Å². The second-order valence-electron chi connectivity index (χ2n) is 7.30. The third-order valence-electron chi connectivity index (χ3n) is 4.94. The lowest BCUT2D eigenvalue weighted by Gasteiger charge is -2.19. The van der Waals surface area contributed by atoms with Crippen LogP contribution in [0.4, 0.5) is 4.39 Å². The van der Waals surface area contributed by atoms with Crippen molar-refractivity contribution >= 4 is 21.9 Å². The molecule has 1 N–H and O–H groups in total. The van der Waals surface area contributed by atoms with E-state index >= 15 is 0 Å². The summed E-state index contributed by atoms with van der Waals surface area (Å²) in [5, 5.41) is 2.75. The van der Waals surface area contributed by atoms with E-state index in [0.29, 0.717) is 6.42 Å². The highest BCUT2D eigenvalue weighted by molar-refractivity contribution is 7.89. The van der Waals surface area contributed by atoms with Crippen molar-refractivity contribution in [3.05, 3.63) is 65.5 Å². The largest absolute Gasteiger partial charge is 0.452 e. The van der Waals surface area contributed by atoms with Crippen molar-refractivity contribution in [2.75, 3.05) is 19.7 Å². The fourth-order valence-corrected chi connectivity index (χ4v) is 4.71. The normalized spacial score (nSPS) is 12.4. The summed E-state index contributed by atoms with van der Waals surface area (Å²) in [7, 11) is -4.09. The van der Waals surface area contributed by atoms with Crippen LogP contribution in [0.2, 0.25) is 0 Å². The maximum Gasteiger partial charge on any atom is 0.338 e. The number of rotatable bonds is 11. The Morgan fingerprint density at radius 1 is 1.09 bits per heavy atom. The van der Waals surface area contributed by atoms with Crippen LogP contribution < -0.4 is 5.32 Å². The fourth-order valence-electron chi connectivity index (χ4n) is 3.16. The number of carbonyl (C=O) groups excluding carboxylic acids is 2. The van der Waals surface area contributed by atoms with Crippen molar-refractivity contribution in [1.29, 1.82) is 0 Å².